The second-order valence-electron chi connectivity index (χ2n) is 3.39. The average Bonchev–Trinajstić information content (AvgIpc) is 2.29. The fourth-order valence-electron chi connectivity index (χ4n) is 1.18. The number of esters is 1. The van der Waals surface area contributed by atoms with Crippen molar-refractivity contribution in [1.29, 1.82) is 0 Å². The summed E-state index contributed by atoms with van der Waals surface area (Å²) >= 11 is 3.35. The minimum absolute atomic E-state index is 0.163. The van der Waals surface area contributed by atoms with Crippen molar-refractivity contribution in [2.75, 3.05) is 13.1 Å². The molecule has 0 heterocycles. The smallest absolute Gasteiger partial charge is 0.307 e. The van der Waals surface area contributed by atoms with Crippen LogP contribution in [0.15, 0.2) is 28.7 Å². The summed E-state index contributed by atoms with van der Waals surface area (Å²) in [7, 11) is 0. The first-order valence-corrected chi connectivity index (χ1v) is 6.12. The zero-order valence-corrected chi connectivity index (χ0v) is 10.9. The number of ether oxygens (including phenoxy) is 1. The number of nitrogens with one attached hydrogen (secondary N) is 1. The molecule has 1 aromatic rings. The number of halogens is 1. The Hall–Kier alpha value is -0.870. The molecule has 0 aliphatic carbocycles. The van der Waals surface area contributed by atoms with Gasteiger partial charge >= 0.3 is 5.97 Å². The molecule has 0 radical (unpaired) electrons. The van der Waals surface area contributed by atoms with Crippen molar-refractivity contribution in [3.63, 3.8) is 0 Å². The molecular formula is C12H16BrNO2. The maximum Gasteiger partial charge on any atom is 0.307 e. The maximum absolute atomic E-state index is 11.3. The van der Waals surface area contributed by atoms with Gasteiger partial charge in [0.15, 0.2) is 0 Å². The van der Waals surface area contributed by atoms with Crippen LogP contribution in [-0.2, 0) is 16.1 Å². The Balaban J connectivity index is 2.23. The van der Waals surface area contributed by atoms with Crippen molar-refractivity contribution in [3.8, 4) is 0 Å². The lowest BCUT2D eigenvalue weighted by atomic mass is 10.2. The van der Waals surface area contributed by atoms with Crippen molar-refractivity contribution < 1.29 is 9.53 Å². The van der Waals surface area contributed by atoms with Crippen molar-refractivity contribution in [2.24, 2.45) is 0 Å². The van der Waals surface area contributed by atoms with E-state index in [-0.39, 0.29) is 5.97 Å². The summed E-state index contributed by atoms with van der Waals surface area (Å²) in [4.78, 5) is 11.3. The van der Waals surface area contributed by atoms with Gasteiger partial charge in [0.1, 0.15) is 6.61 Å². The highest BCUT2D eigenvalue weighted by Crippen LogP contribution is 2.11. The van der Waals surface area contributed by atoms with Crippen LogP contribution < -0.4 is 5.32 Å². The van der Waals surface area contributed by atoms with E-state index in [1.807, 2.05) is 31.2 Å². The normalized spacial score (nSPS) is 10.1. The molecule has 0 bridgehead atoms. The summed E-state index contributed by atoms with van der Waals surface area (Å²) in [5, 5.41) is 3.08. The molecule has 0 saturated carbocycles. The predicted molar refractivity (Wildman–Crippen MR) is 67.1 cm³/mol. The Bertz CT molecular complexity index is 324. The molecule has 1 rings (SSSR count). The number of hydrogen-bond donors (Lipinski definition) is 1. The summed E-state index contributed by atoms with van der Waals surface area (Å²) in [5.41, 5.74) is 1.00. The number of hydrogen-bond acceptors (Lipinski definition) is 3. The molecule has 0 unspecified atom stereocenters. The van der Waals surface area contributed by atoms with Crippen LogP contribution in [-0.4, -0.2) is 19.1 Å². The van der Waals surface area contributed by atoms with Crippen molar-refractivity contribution >= 4 is 21.9 Å². The Morgan fingerprint density at radius 3 is 2.69 bits per heavy atom. The Morgan fingerprint density at radius 2 is 2.06 bits per heavy atom. The average molecular weight is 286 g/mol. The van der Waals surface area contributed by atoms with Crippen LogP contribution in [0.3, 0.4) is 0 Å². The third-order valence-electron chi connectivity index (χ3n) is 2.07. The monoisotopic (exact) mass is 285 g/mol. The molecule has 1 N–H and O–H groups in total. The molecule has 0 aromatic heterocycles. The van der Waals surface area contributed by atoms with E-state index in [1.165, 1.54) is 0 Å². The van der Waals surface area contributed by atoms with E-state index < -0.39 is 0 Å². The van der Waals surface area contributed by atoms with E-state index in [2.05, 4.69) is 21.2 Å². The second kappa shape index (κ2) is 7.41. The van der Waals surface area contributed by atoms with Crippen LogP contribution >= 0.6 is 15.9 Å². The van der Waals surface area contributed by atoms with Crippen molar-refractivity contribution in [2.45, 2.75) is 20.0 Å². The topological polar surface area (TPSA) is 38.3 Å². The van der Waals surface area contributed by atoms with Crippen LogP contribution in [0.1, 0.15) is 18.9 Å². The number of rotatable bonds is 6. The highest BCUT2D eigenvalue weighted by atomic mass is 79.9. The summed E-state index contributed by atoms with van der Waals surface area (Å²) in [6, 6.07) is 7.73. The Kier molecular flexibility index (Phi) is 6.11. The number of benzene rings is 1. The second-order valence-corrected chi connectivity index (χ2v) is 4.31. The van der Waals surface area contributed by atoms with E-state index >= 15 is 0 Å². The summed E-state index contributed by atoms with van der Waals surface area (Å²) < 4.78 is 6.14. The van der Waals surface area contributed by atoms with Gasteiger partial charge in [0.25, 0.3) is 0 Å². The quantitative estimate of drug-likeness (QED) is 0.645. The van der Waals surface area contributed by atoms with Crippen LogP contribution in [0.5, 0.6) is 0 Å². The van der Waals surface area contributed by atoms with Gasteiger partial charge in [-0.05, 0) is 24.2 Å². The molecule has 88 valence electrons. The first kappa shape index (κ1) is 13.2. The highest BCUT2D eigenvalue weighted by molar-refractivity contribution is 9.10. The van der Waals surface area contributed by atoms with Gasteiger partial charge in [-0.3, -0.25) is 4.79 Å². The van der Waals surface area contributed by atoms with E-state index in [0.29, 0.717) is 19.6 Å². The minimum Gasteiger partial charge on any atom is -0.461 e. The van der Waals surface area contributed by atoms with Gasteiger partial charge in [0, 0.05) is 11.0 Å². The lowest BCUT2D eigenvalue weighted by Gasteiger charge is -2.05. The van der Waals surface area contributed by atoms with Gasteiger partial charge in [-0.1, -0.05) is 35.0 Å². The molecule has 16 heavy (non-hydrogen) atoms. The van der Waals surface area contributed by atoms with Gasteiger partial charge in [-0.15, -0.1) is 0 Å². The van der Waals surface area contributed by atoms with Crippen LogP contribution in [0.2, 0.25) is 0 Å². The summed E-state index contributed by atoms with van der Waals surface area (Å²) in [6.07, 6.45) is 0.421. The zero-order valence-electron chi connectivity index (χ0n) is 9.33. The third kappa shape index (κ3) is 5.28. The standard InChI is InChI=1S/C12H16BrNO2/c1-2-14-8-7-12(15)16-9-10-3-5-11(13)6-4-10/h3-6,14H,2,7-9H2,1H3. The molecule has 3 nitrogen and oxygen atoms in total. The van der Waals surface area contributed by atoms with Gasteiger partial charge in [0.05, 0.1) is 6.42 Å². The molecule has 4 heteroatoms. The lowest BCUT2D eigenvalue weighted by Crippen LogP contribution is -2.18. The van der Waals surface area contributed by atoms with Crippen molar-refractivity contribution in [1.82, 2.24) is 5.32 Å². The molecular weight excluding hydrogens is 270 g/mol. The zero-order chi connectivity index (χ0) is 11.8. The molecule has 0 aliphatic heterocycles. The fourth-order valence-corrected chi connectivity index (χ4v) is 1.45. The fraction of sp³-hybridized carbons (Fsp3) is 0.417. The van der Waals surface area contributed by atoms with Crippen molar-refractivity contribution in [3.05, 3.63) is 34.3 Å². The van der Waals surface area contributed by atoms with Crippen LogP contribution in [0.4, 0.5) is 0 Å². The molecule has 1 aromatic carbocycles. The molecule has 0 amide bonds. The molecule has 0 atom stereocenters. The molecule has 0 saturated heterocycles. The van der Waals surface area contributed by atoms with Gasteiger partial charge in [-0.25, -0.2) is 0 Å². The summed E-state index contributed by atoms with van der Waals surface area (Å²) in [6.45, 7) is 3.90. The SMILES string of the molecule is CCNCCC(=O)OCc1ccc(Br)cc1. The lowest BCUT2D eigenvalue weighted by molar-refractivity contribution is -0.144. The Morgan fingerprint density at radius 1 is 1.38 bits per heavy atom. The third-order valence-corrected chi connectivity index (χ3v) is 2.60. The molecule has 0 aliphatic rings. The van der Waals surface area contributed by atoms with E-state index in [1.54, 1.807) is 0 Å². The van der Waals surface area contributed by atoms with Gasteiger partial charge in [-0.2, -0.15) is 0 Å². The van der Waals surface area contributed by atoms with E-state index in [9.17, 15) is 4.79 Å². The number of carbonyl (C=O) groups excluding carboxylic acids is 1. The van der Waals surface area contributed by atoms with Gasteiger partial charge in [0.2, 0.25) is 0 Å². The molecule has 0 fully saturated rings. The first-order chi connectivity index (χ1) is 7.72. The summed E-state index contributed by atoms with van der Waals surface area (Å²) in [5.74, 6) is -0.163. The van der Waals surface area contributed by atoms with Crippen LogP contribution in [0.25, 0.3) is 0 Å². The first-order valence-electron chi connectivity index (χ1n) is 5.33. The highest BCUT2D eigenvalue weighted by Gasteiger charge is 2.02. The van der Waals surface area contributed by atoms with Crippen LogP contribution in [0, 0.1) is 0 Å². The van der Waals surface area contributed by atoms with E-state index in [4.69, 9.17) is 4.74 Å². The molecule has 0 spiro atoms. The Labute approximate surface area is 104 Å². The number of carbonyl (C=O) groups is 1. The largest absolute Gasteiger partial charge is 0.461 e. The predicted octanol–water partition coefficient (Wildman–Crippen LogP) is 2.49. The minimum atomic E-state index is -0.163. The maximum atomic E-state index is 11.3. The van der Waals surface area contributed by atoms with E-state index in [0.717, 1.165) is 16.6 Å². The van der Waals surface area contributed by atoms with Gasteiger partial charge < -0.3 is 10.1 Å².